The molecule has 0 N–H and O–H groups in total. The van der Waals surface area contributed by atoms with Gasteiger partial charge in [0.2, 0.25) is 0 Å². The summed E-state index contributed by atoms with van der Waals surface area (Å²) in [5.41, 5.74) is 0. The molecule has 0 fully saturated rings. The molecular weight excluding hydrogens is 274 g/mol. The highest BCUT2D eigenvalue weighted by molar-refractivity contribution is 9.10. The minimum Gasteiger partial charge on any atom is -0.478 e. The Labute approximate surface area is 93.1 Å². The maximum Gasteiger partial charge on any atom is 0.343 e. The number of rotatable bonds is 3. The second kappa shape index (κ2) is 5.06. The standard InChI is InChI=1S/C9H7BrF2O3/c1-14-8(13)4-15-9-6(10)2-5(11)3-7(9)12/h2-3H,4H2,1H3. The van der Waals surface area contributed by atoms with Crippen LogP contribution in [0.5, 0.6) is 5.75 Å². The molecule has 0 heterocycles. The van der Waals surface area contributed by atoms with Gasteiger partial charge in [-0.15, -0.1) is 0 Å². The first kappa shape index (κ1) is 11.9. The Kier molecular flexibility index (Phi) is 4.02. The van der Waals surface area contributed by atoms with E-state index in [1.165, 1.54) is 7.11 Å². The van der Waals surface area contributed by atoms with Gasteiger partial charge in [-0.2, -0.15) is 0 Å². The summed E-state index contributed by atoms with van der Waals surface area (Å²) in [6.45, 7) is -0.433. The maximum absolute atomic E-state index is 13.1. The number of esters is 1. The predicted molar refractivity (Wildman–Crippen MR) is 51.6 cm³/mol. The summed E-state index contributed by atoms with van der Waals surface area (Å²) < 4.78 is 35.0. The maximum atomic E-state index is 13.1. The molecule has 6 heteroatoms. The molecule has 0 bridgehead atoms. The minimum atomic E-state index is -0.884. The molecule has 15 heavy (non-hydrogen) atoms. The molecule has 0 saturated carbocycles. The summed E-state index contributed by atoms with van der Waals surface area (Å²) >= 11 is 2.91. The van der Waals surface area contributed by atoms with Gasteiger partial charge in [0, 0.05) is 6.07 Å². The monoisotopic (exact) mass is 280 g/mol. The lowest BCUT2D eigenvalue weighted by molar-refractivity contribution is -0.142. The van der Waals surface area contributed by atoms with Crippen LogP contribution in [0.4, 0.5) is 8.78 Å². The largest absolute Gasteiger partial charge is 0.478 e. The highest BCUT2D eigenvalue weighted by Gasteiger charge is 2.12. The second-order valence-corrected chi connectivity index (χ2v) is 3.42. The second-order valence-electron chi connectivity index (χ2n) is 2.56. The van der Waals surface area contributed by atoms with Crippen LogP contribution in [-0.2, 0) is 9.53 Å². The summed E-state index contributed by atoms with van der Waals surface area (Å²) in [7, 11) is 1.18. The zero-order valence-corrected chi connectivity index (χ0v) is 9.31. The van der Waals surface area contributed by atoms with Crippen molar-refractivity contribution in [1.29, 1.82) is 0 Å². The number of hydrogen-bond acceptors (Lipinski definition) is 3. The SMILES string of the molecule is COC(=O)COc1c(F)cc(F)cc1Br. The van der Waals surface area contributed by atoms with Gasteiger partial charge in [0.25, 0.3) is 0 Å². The van der Waals surface area contributed by atoms with Crippen LogP contribution in [0, 0.1) is 11.6 Å². The van der Waals surface area contributed by atoms with Crippen molar-refractivity contribution in [2.75, 3.05) is 13.7 Å². The number of methoxy groups -OCH3 is 1. The van der Waals surface area contributed by atoms with Gasteiger partial charge in [-0.25, -0.2) is 13.6 Å². The number of carbonyl (C=O) groups excluding carboxylic acids is 1. The van der Waals surface area contributed by atoms with E-state index in [0.29, 0.717) is 6.07 Å². The first-order valence-corrected chi connectivity index (χ1v) is 4.68. The van der Waals surface area contributed by atoms with Crippen molar-refractivity contribution in [1.82, 2.24) is 0 Å². The van der Waals surface area contributed by atoms with Crippen molar-refractivity contribution < 1.29 is 23.0 Å². The number of benzene rings is 1. The summed E-state index contributed by atoms with van der Waals surface area (Å²) in [4.78, 5) is 10.7. The number of carbonyl (C=O) groups is 1. The fourth-order valence-electron chi connectivity index (χ4n) is 0.857. The van der Waals surface area contributed by atoms with Crippen LogP contribution in [-0.4, -0.2) is 19.7 Å². The Hall–Kier alpha value is -1.17. The lowest BCUT2D eigenvalue weighted by Crippen LogP contribution is -2.13. The van der Waals surface area contributed by atoms with Crippen molar-refractivity contribution >= 4 is 21.9 Å². The number of halogens is 3. The molecule has 1 aromatic carbocycles. The van der Waals surface area contributed by atoms with E-state index in [-0.39, 0.29) is 10.2 Å². The minimum absolute atomic E-state index is 0.101. The van der Waals surface area contributed by atoms with E-state index in [4.69, 9.17) is 4.74 Å². The van der Waals surface area contributed by atoms with Crippen molar-refractivity contribution in [2.24, 2.45) is 0 Å². The molecule has 0 aliphatic carbocycles. The van der Waals surface area contributed by atoms with Crippen molar-refractivity contribution in [3.8, 4) is 5.75 Å². The van der Waals surface area contributed by atoms with E-state index in [0.717, 1.165) is 6.07 Å². The third kappa shape index (κ3) is 3.16. The van der Waals surface area contributed by atoms with Gasteiger partial charge in [-0.1, -0.05) is 0 Å². The molecule has 0 radical (unpaired) electrons. The third-order valence-electron chi connectivity index (χ3n) is 1.53. The Balaban J connectivity index is 2.81. The van der Waals surface area contributed by atoms with Crippen LogP contribution >= 0.6 is 15.9 Å². The Morgan fingerprint density at radius 3 is 2.67 bits per heavy atom. The molecule has 0 unspecified atom stereocenters. The molecule has 82 valence electrons. The first-order chi connectivity index (χ1) is 7.04. The highest BCUT2D eigenvalue weighted by Crippen LogP contribution is 2.29. The Morgan fingerprint density at radius 2 is 2.13 bits per heavy atom. The van der Waals surface area contributed by atoms with Gasteiger partial charge >= 0.3 is 5.97 Å². The van der Waals surface area contributed by atoms with Crippen molar-refractivity contribution in [2.45, 2.75) is 0 Å². The Bertz CT molecular complexity index is 359. The average molecular weight is 281 g/mol. The van der Waals surface area contributed by atoms with Gasteiger partial charge in [-0.3, -0.25) is 0 Å². The van der Waals surface area contributed by atoms with Crippen LogP contribution in [0.2, 0.25) is 0 Å². The average Bonchev–Trinajstić information content (AvgIpc) is 2.15. The summed E-state index contributed by atoms with van der Waals surface area (Å²) in [5, 5.41) is 0. The highest BCUT2D eigenvalue weighted by atomic mass is 79.9. The molecule has 0 spiro atoms. The summed E-state index contributed by atoms with van der Waals surface area (Å²) in [6, 6.07) is 1.70. The molecule has 0 aromatic heterocycles. The van der Waals surface area contributed by atoms with Crippen LogP contribution in [0.15, 0.2) is 16.6 Å². The van der Waals surface area contributed by atoms with Crippen molar-refractivity contribution in [3.05, 3.63) is 28.2 Å². The van der Waals surface area contributed by atoms with Crippen LogP contribution in [0.1, 0.15) is 0 Å². The number of ether oxygens (including phenoxy) is 2. The fraction of sp³-hybridized carbons (Fsp3) is 0.222. The zero-order chi connectivity index (χ0) is 11.4. The molecule has 0 aliphatic heterocycles. The van der Waals surface area contributed by atoms with Crippen LogP contribution in [0.25, 0.3) is 0 Å². The van der Waals surface area contributed by atoms with Gasteiger partial charge in [-0.05, 0) is 22.0 Å². The topological polar surface area (TPSA) is 35.5 Å². The molecule has 0 atom stereocenters. The summed E-state index contributed by atoms with van der Waals surface area (Å²) in [5.74, 6) is -2.48. The van der Waals surface area contributed by atoms with Gasteiger partial charge in [0.1, 0.15) is 5.82 Å². The van der Waals surface area contributed by atoms with E-state index in [9.17, 15) is 13.6 Å². The lowest BCUT2D eigenvalue weighted by atomic mass is 10.3. The molecule has 1 aromatic rings. The first-order valence-electron chi connectivity index (χ1n) is 3.88. The molecule has 1 rings (SSSR count). The van der Waals surface area contributed by atoms with Gasteiger partial charge in [0.05, 0.1) is 11.6 Å². The van der Waals surface area contributed by atoms with E-state index < -0.39 is 24.2 Å². The third-order valence-corrected chi connectivity index (χ3v) is 2.11. The molecule has 3 nitrogen and oxygen atoms in total. The van der Waals surface area contributed by atoms with Gasteiger partial charge in [0.15, 0.2) is 18.2 Å². The van der Waals surface area contributed by atoms with E-state index >= 15 is 0 Å². The molecule has 0 aliphatic rings. The van der Waals surface area contributed by atoms with Crippen LogP contribution in [0.3, 0.4) is 0 Å². The van der Waals surface area contributed by atoms with Crippen LogP contribution < -0.4 is 4.74 Å². The normalized spacial score (nSPS) is 9.87. The molecular formula is C9H7BrF2O3. The van der Waals surface area contributed by atoms with Crippen molar-refractivity contribution in [3.63, 3.8) is 0 Å². The quantitative estimate of drug-likeness (QED) is 0.797. The number of hydrogen-bond donors (Lipinski definition) is 0. The van der Waals surface area contributed by atoms with Gasteiger partial charge < -0.3 is 9.47 Å². The van der Waals surface area contributed by atoms with E-state index in [2.05, 4.69) is 20.7 Å². The van der Waals surface area contributed by atoms with E-state index in [1.54, 1.807) is 0 Å². The zero-order valence-electron chi connectivity index (χ0n) is 7.72. The smallest absolute Gasteiger partial charge is 0.343 e. The lowest BCUT2D eigenvalue weighted by Gasteiger charge is -2.07. The molecule has 0 saturated heterocycles. The Morgan fingerprint density at radius 1 is 1.47 bits per heavy atom. The summed E-state index contributed by atoms with van der Waals surface area (Å²) in [6.07, 6.45) is 0. The van der Waals surface area contributed by atoms with E-state index in [1.807, 2.05) is 0 Å². The predicted octanol–water partition coefficient (Wildman–Crippen LogP) is 2.28. The fourth-order valence-corrected chi connectivity index (χ4v) is 1.38. The molecule has 0 amide bonds.